The van der Waals surface area contributed by atoms with Gasteiger partial charge in [0, 0.05) is 11.8 Å². The molecule has 1 aromatic carbocycles. The Hall–Kier alpha value is -1.40. The second kappa shape index (κ2) is 8.01. The fourth-order valence-corrected chi connectivity index (χ4v) is 3.13. The number of rotatable bonds is 6. The van der Waals surface area contributed by atoms with Crippen LogP contribution in [-0.4, -0.2) is 31.3 Å². The maximum Gasteiger partial charge on any atom is 0.260 e. The van der Waals surface area contributed by atoms with Crippen molar-refractivity contribution in [2.24, 2.45) is 0 Å². The molecule has 0 heterocycles. The SMILES string of the molecule is COc1cccc(NC(=O)C(C(C)=O)=C(SC)SC)c1. The highest BCUT2D eigenvalue weighted by Crippen LogP contribution is 2.29. The highest BCUT2D eigenvalue weighted by Gasteiger charge is 2.19. The summed E-state index contributed by atoms with van der Waals surface area (Å²) in [6.07, 6.45) is 3.68. The van der Waals surface area contributed by atoms with Crippen LogP contribution in [0.5, 0.6) is 5.75 Å². The quantitative estimate of drug-likeness (QED) is 0.497. The lowest BCUT2D eigenvalue weighted by Gasteiger charge is -2.11. The molecule has 1 aromatic rings. The number of carbonyl (C=O) groups is 2. The van der Waals surface area contributed by atoms with Gasteiger partial charge in [-0.3, -0.25) is 9.59 Å². The fraction of sp³-hybridized carbons (Fsp3) is 0.286. The maximum atomic E-state index is 12.3. The van der Waals surface area contributed by atoms with Crippen LogP contribution in [0.1, 0.15) is 6.92 Å². The molecule has 0 saturated heterocycles. The summed E-state index contributed by atoms with van der Waals surface area (Å²) >= 11 is 2.78. The lowest BCUT2D eigenvalue weighted by Crippen LogP contribution is -2.20. The number of nitrogens with one attached hydrogen (secondary N) is 1. The summed E-state index contributed by atoms with van der Waals surface area (Å²) in [7, 11) is 1.56. The van der Waals surface area contributed by atoms with Gasteiger partial charge in [0.15, 0.2) is 5.78 Å². The van der Waals surface area contributed by atoms with Crippen LogP contribution in [0.15, 0.2) is 34.1 Å². The lowest BCUT2D eigenvalue weighted by atomic mass is 10.2. The van der Waals surface area contributed by atoms with E-state index in [1.54, 1.807) is 31.4 Å². The number of ketones is 1. The summed E-state index contributed by atoms with van der Waals surface area (Å²) < 4.78 is 5.80. The van der Waals surface area contributed by atoms with Crippen molar-refractivity contribution in [1.82, 2.24) is 0 Å². The number of thioether (sulfide) groups is 2. The number of carbonyl (C=O) groups excluding carboxylic acids is 2. The van der Waals surface area contributed by atoms with E-state index in [2.05, 4.69) is 5.32 Å². The Bertz CT molecular complexity index is 535. The number of benzene rings is 1. The molecule has 0 radical (unpaired) electrons. The number of ether oxygens (including phenoxy) is 1. The van der Waals surface area contributed by atoms with Crippen molar-refractivity contribution in [3.8, 4) is 5.75 Å². The summed E-state index contributed by atoms with van der Waals surface area (Å²) in [6, 6.07) is 7.01. The number of methoxy groups -OCH3 is 1. The molecule has 6 heteroatoms. The van der Waals surface area contributed by atoms with Crippen molar-refractivity contribution < 1.29 is 14.3 Å². The van der Waals surface area contributed by atoms with Gasteiger partial charge in [0.1, 0.15) is 11.3 Å². The van der Waals surface area contributed by atoms with Gasteiger partial charge in [0.05, 0.1) is 11.3 Å². The van der Waals surface area contributed by atoms with Crippen LogP contribution in [0.2, 0.25) is 0 Å². The second-order valence-electron chi connectivity index (χ2n) is 3.81. The van der Waals surface area contributed by atoms with Crippen LogP contribution in [0, 0.1) is 0 Å². The van der Waals surface area contributed by atoms with Crippen LogP contribution < -0.4 is 10.1 Å². The van der Waals surface area contributed by atoms with Gasteiger partial charge in [-0.05, 0) is 31.6 Å². The van der Waals surface area contributed by atoms with Gasteiger partial charge in [-0.2, -0.15) is 0 Å². The Morgan fingerprint density at radius 2 is 1.85 bits per heavy atom. The minimum Gasteiger partial charge on any atom is -0.497 e. The van der Waals surface area contributed by atoms with Crippen LogP contribution in [-0.2, 0) is 9.59 Å². The zero-order chi connectivity index (χ0) is 15.1. The zero-order valence-electron chi connectivity index (χ0n) is 11.9. The molecular weight excluding hydrogens is 294 g/mol. The molecule has 0 spiro atoms. The van der Waals surface area contributed by atoms with E-state index < -0.39 is 5.91 Å². The normalized spacial score (nSPS) is 9.80. The second-order valence-corrected chi connectivity index (χ2v) is 5.70. The Kier molecular flexibility index (Phi) is 6.67. The van der Waals surface area contributed by atoms with Gasteiger partial charge >= 0.3 is 0 Å². The minimum absolute atomic E-state index is 0.188. The Labute approximate surface area is 127 Å². The van der Waals surface area contributed by atoms with Crippen molar-refractivity contribution in [3.63, 3.8) is 0 Å². The third-order valence-electron chi connectivity index (χ3n) is 2.48. The number of amides is 1. The molecule has 0 bridgehead atoms. The molecule has 0 aliphatic rings. The highest BCUT2D eigenvalue weighted by molar-refractivity contribution is 8.21. The van der Waals surface area contributed by atoms with Crippen LogP contribution >= 0.6 is 23.5 Å². The van der Waals surface area contributed by atoms with Crippen LogP contribution in [0.3, 0.4) is 0 Å². The van der Waals surface area contributed by atoms with E-state index in [-0.39, 0.29) is 11.4 Å². The summed E-state index contributed by atoms with van der Waals surface area (Å²) in [4.78, 5) is 23.9. The standard InChI is InChI=1S/C14H17NO3S2/c1-9(16)12(14(19-3)20-4)13(17)15-10-6-5-7-11(8-10)18-2/h5-8H,1-4H3,(H,15,17). The average Bonchev–Trinajstić information content (AvgIpc) is 2.44. The van der Waals surface area contributed by atoms with E-state index in [0.717, 1.165) is 0 Å². The molecule has 0 saturated carbocycles. The first-order valence-electron chi connectivity index (χ1n) is 5.82. The third kappa shape index (κ3) is 4.31. The minimum atomic E-state index is -0.399. The van der Waals surface area contributed by atoms with E-state index in [1.165, 1.54) is 30.4 Å². The van der Waals surface area contributed by atoms with Crippen molar-refractivity contribution in [2.75, 3.05) is 24.9 Å². The summed E-state index contributed by atoms with van der Waals surface area (Å²) in [5.74, 6) is -0.000315. The molecule has 20 heavy (non-hydrogen) atoms. The number of anilines is 1. The molecule has 0 fully saturated rings. The van der Waals surface area contributed by atoms with E-state index in [4.69, 9.17) is 4.74 Å². The molecule has 1 N–H and O–H groups in total. The predicted octanol–water partition coefficient (Wildman–Crippen LogP) is 3.16. The van der Waals surface area contributed by atoms with Crippen molar-refractivity contribution in [1.29, 1.82) is 0 Å². The third-order valence-corrected chi connectivity index (χ3v) is 4.63. The van der Waals surface area contributed by atoms with Gasteiger partial charge in [0.2, 0.25) is 0 Å². The first kappa shape index (κ1) is 16.7. The zero-order valence-corrected chi connectivity index (χ0v) is 13.5. The van der Waals surface area contributed by atoms with Crippen molar-refractivity contribution in [3.05, 3.63) is 34.1 Å². The van der Waals surface area contributed by atoms with Crippen molar-refractivity contribution >= 4 is 40.9 Å². The molecule has 0 aromatic heterocycles. The molecule has 1 amide bonds. The largest absolute Gasteiger partial charge is 0.497 e. The van der Waals surface area contributed by atoms with Crippen LogP contribution in [0.4, 0.5) is 5.69 Å². The summed E-state index contributed by atoms with van der Waals surface area (Å²) in [5, 5.41) is 2.72. The molecule has 0 aliphatic carbocycles. The lowest BCUT2D eigenvalue weighted by molar-refractivity contribution is -0.118. The van der Waals surface area contributed by atoms with E-state index in [0.29, 0.717) is 15.7 Å². The first-order valence-corrected chi connectivity index (χ1v) is 8.27. The first-order chi connectivity index (χ1) is 9.53. The predicted molar refractivity (Wildman–Crippen MR) is 86.4 cm³/mol. The molecule has 1 rings (SSSR count). The molecular formula is C14H17NO3S2. The van der Waals surface area contributed by atoms with Crippen LogP contribution in [0.25, 0.3) is 0 Å². The summed E-state index contributed by atoms with van der Waals surface area (Å²) in [5.41, 5.74) is 0.780. The molecule has 0 aliphatic heterocycles. The maximum absolute atomic E-state index is 12.3. The van der Waals surface area contributed by atoms with E-state index in [1.807, 2.05) is 12.5 Å². The van der Waals surface area contributed by atoms with E-state index >= 15 is 0 Å². The van der Waals surface area contributed by atoms with Gasteiger partial charge in [0.25, 0.3) is 5.91 Å². The van der Waals surface area contributed by atoms with Gasteiger partial charge in [-0.25, -0.2) is 0 Å². The Balaban J connectivity index is 3.03. The Morgan fingerprint density at radius 1 is 1.20 bits per heavy atom. The Morgan fingerprint density at radius 3 is 2.35 bits per heavy atom. The van der Waals surface area contributed by atoms with Gasteiger partial charge < -0.3 is 10.1 Å². The van der Waals surface area contributed by atoms with Gasteiger partial charge in [-0.15, -0.1) is 23.5 Å². The molecule has 108 valence electrons. The highest BCUT2D eigenvalue weighted by atomic mass is 32.2. The average molecular weight is 311 g/mol. The topological polar surface area (TPSA) is 55.4 Å². The monoisotopic (exact) mass is 311 g/mol. The van der Waals surface area contributed by atoms with Gasteiger partial charge in [-0.1, -0.05) is 6.07 Å². The fourth-order valence-electron chi connectivity index (χ4n) is 1.58. The molecule has 4 nitrogen and oxygen atoms in total. The van der Waals surface area contributed by atoms with Crippen molar-refractivity contribution in [2.45, 2.75) is 6.92 Å². The number of hydrogen-bond acceptors (Lipinski definition) is 5. The summed E-state index contributed by atoms with van der Waals surface area (Å²) in [6.45, 7) is 1.40. The number of hydrogen-bond donors (Lipinski definition) is 1. The smallest absolute Gasteiger partial charge is 0.260 e. The molecule has 0 unspecified atom stereocenters. The van der Waals surface area contributed by atoms with E-state index in [9.17, 15) is 9.59 Å². The molecule has 0 atom stereocenters. The number of Topliss-reactive ketones (excluding diaryl/α,β-unsaturated/α-hetero) is 1.